The van der Waals surface area contributed by atoms with E-state index in [4.69, 9.17) is 0 Å². The van der Waals surface area contributed by atoms with Crippen molar-refractivity contribution in [2.24, 2.45) is 0 Å². The molecule has 0 atom stereocenters. The van der Waals surface area contributed by atoms with Crippen molar-refractivity contribution < 1.29 is 0 Å². The quantitative estimate of drug-likeness (QED) is 0.888. The molecule has 5 heteroatoms. The highest BCUT2D eigenvalue weighted by Gasteiger charge is 2.07. The van der Waals surface area contributed by atoms with E-state index >= 15 is 0 Å². The molecular weight excluding hydrogens is 268 g/mol. The molecule has 0 aliphatic rings. The Balaban J connectivity index is 2.02. The zero-order valence-corrected chi connectivity index (χ0v) is 13.4. The Bertz CT molecular complexity index is 550. The number of anilines is 1. The topological polar surface area (TPSA) is 41.1 Å². The van der Waals surface area contributed by atoms with Gasteiger partial charge in [0.05, 0.1) is 17.2 Å². The van der Waals surface area contributed by atoms with Gasteiger partial charge in [-0.25, -0.2) is 9.97 Å². The Kier molecular flexibility index (Phi) is 5.09. The monoisotopic (exact) mass is 290 g/mol. The van der Waals surface area contributed by atoms with E-state index < -0.39 is 0 Å². The van der Waals surface area contributed by atoms with E-state index in [9.17, 15) is 0 Å². The van der Waals surface area contributed by atoms with E-state index in [1.807, 2.05) is 13.1 Å². The van der Waals surface area contributed by atoms with Crippen molar-refractivity contribution in [2.45, 2.75) is 39.9 Å². The summed E-state index contributed by atoms with van der Waals surface area (Å²) in [4.78, 5) is 11.1. The van der Waals surface area contributed by atoms with Gasteiger partial charge in [0, 0.05) is 31.2 Å². The van der Waals surface area contributed by atoms with Gasteiger partial charge in [0.2, 0.25) is 0 Å². The fourth-order valence-electron chi connectivity index (χ4n) is 1.91. The molecule has 108 valence electrons. The van der Waals surface area contributed by atoms with Gasteiger partial charge in [-0.3, -0.25) is 0 Å². The van der Waals surface area contributed by atoms with Gasteiger partial charge in [0.1, 0.15) is 5.82 Å². The molecule has 2 rings (SSSR count). The maximum absolute atomic E-state index is 4.49. The minimum Gasteiger partial charge on any atom is -0.354 e. The Morgan fingerprint density at radius 2 is 2.20 bits per heavy atom. The van der Waals surface area contributed by atoms with Crippen molar-refractivity contribution in [1.82, 2.24) is 15.3 Å². The van der Waals surface area contributed by atoms with E-state index in [1.165, 1.54) is 5.56 Å². The molecule has 2 aromatic heterocycles. The molecule has 0 amide bonds. The molecule has 0 aromatic carbocycles. The summed E-state index contributed by atoms with van der Waals surface area (Å²) in [5.74, 6) is 0.985. The molecule has 0 aliphatic carbocycles. The summed E-state index contributed by atoms with van der Waals surface area (Å²) in [7, 11) is 2.05. The Labute approximate surface area is 124 Å². The lowest BCUT2D eigenvalue weighted by molar-refractivity contribution is 0.588. The number of rotatable bonds is 6. The summed E-state index contributed by atoms with van der Waals surface area (Å²) in [6.45, 7) is 8.00. The van der Waals surface area contributed by atoms with Gasteiger partial charge < -0.3 is 10.2 Å². The first-order chi connectivity index (χ1) is 9.54. The van der Waals surface area contributed by atoms with Crippen molar-refractivity contribution in [3.05, 3.63) is 40.0 Å². The zero-order chi connectivity index (χ0) is 14.5. The number of aromatic nitrogens is 2. The Morgan fingerprint density at radius 3 is 2.85 bits per heavy atom. The molecule has 0 unspecified atom stereocenters. The van der Waals surface area contributed by atoms with Gasteiger partial charge in [-0.1, -0.05) is 13.8 Å². The van der Waals surface area contributed by atoms with Gasteiger partial charge in [0.15, 0.2) is 0 Å². The molecule has 1 N–H and O–H groups in total. The fraction of sp³-hybridized carbons (Fsp3) is 0.467. The summed E-state index contributed by atoms with van der Waals surface area (Å²) >= 11 is 1.69. The van der Waals surface area contributed by atoms with Gasteiger partial charge >= 0.3 is 0 Å². The third-order valence-electron chi connectivity index (χ3n) is 2.98. The number of hydrogen-bond acceptors (Lipinski definition) is 5. The molecule has 4 nitrogen and oxygen atoms in total. The predicted molar refractivity (Wildman–Crippen MR) is 85.2 cm³/mol. The van der Waals surface area contributed by atoms with Crippen molar-refractivity contribution in [2.75, 3.05) is 11.9 Å². The number of aryl methyl sites for hydroxylation is 1. The third kappa shape index (κ3) is 4.28. The highest BCUT2D eigenvalue weighted by molar-refractivity contribution is 7.09. The van der Waals surface area contributed by atoms with E-state index in [1.54, 1.807) is 11.3 Å². The van der Waals surface area contributed by atoms with E-state index in [-0.39, 0.29) is 0 Å². The van der Waals surface area contributed by atoms with Crippen LogP contribution >= 0.6 is 11.3 Å². The lowest BCUT2D eigenvalue weighted by Gasteiger charge is -2.18. The number of nitrogens with zero attached hydrogens (tertiary/aromatic N) is 3. The molecule has 0 bridgehead atoms. The smallest absolute Gasteiger partial charge is 0.128 e. The highest BCUT2D eigenvalue weighted by atomic mass is 32.1. The summed E-state index contributed by atoms with van der Waals surface area (Å²) in [5.41, 5.74) is 2.35. The van der Waals surface area contributed by atoms with Crippen LogP contribution in [0.2, 0.25) is 0 Å². The average Bonchev–Trinajstić information content (AvgIpc) is 2.82. The van der Waals surface area contributed by atoms with Crippen LogP contribution in [0.5, 0.6) is 0 Å². The number of pyridine rings is 1. The Hall–Kier alpha value is -1.46. The molecule has 0 radical (unpaired) electrons. The summed E-state index contributed by atoms with van der Waals surface area (Å²) < 4.78 is 0. The van der Waals surface area contributed by atoms with Crippen LogP contribution in [0.1, 0.15) is 30.1 Å². The molecular formula is C15H22N4S. The van der Waals surface area contributed by atoms with Gasteiger partial charge in [-0.05, 0) is 24.6 Å². The molecule has 0 saturated heterocycles. The van der Waals surface area contributed by atoms with Crippen molar-refractivity contribution >= 4 is 17.2 Å². The first-order valence-corrected chi connectivity index (χ1v) is 7.73. The minimum absolute atomic E-state index is 0.488. The lowest BCUT2D eigenvalue weighted by atomic mass is 10.2. The van der Waals surface area contributed by atoms with Crippen LogP contribution in [-0.2, 0) is 13.1 Å². The van der Waals surface area contributed by atoms with Gasteiger partial charge in [-0.15, -0.1) is 11.3 Å². The minimum atomic E-state index is 0.488. The maximum atomic E-state index is 4.49. The number of thiazole rings is 1. The van der Waals surface area contributed by atoms with Crippen molar-refractivity contribution in [1.29, 1.82) is 0 Å². The van der Waals surface area contributed by atoms with Gasteiger partial charge in [-0.2, -0.15) is 0 Å². The Morgan fingerprint density at radius 1 is 1.40 bits per heavy atom. The second-order valence-electron chi connectivity index (χ2n) is 5.27. The number of hydrogen-bond donors (Lipinski definition) is 1. The van der Waals surface area contributed by atoms with Crippen LogP contribution in [0.15, 0.2) is 23.7 Å². The van der Waals surface area contributed by atoms with Crippen molar-refractivity contribution in [3.8, 4) is 0 Å². The van der Waals surface area contributed by atoms with Crippen LogP contribution in [0.25, 0.3) is 0 Å². The van der Waals surface area contributed by atoms with Crippen molar-refractivity contribution in [3.63, 3.8) is 0 Å². The SMILES string of the molecule is Cc1nc(CN(C)c2cc(CNC(C)C)ccn2)cs1. The molecule has 0 spiro atoms. The second-order valence-corrected chi connectivity index (χ2v) is 6.33. The maximum Gasteiger partial charge on any atom is 0.128 e. The van der Waals surface area contributed by atoms with E-state index in [0.29, 0.717) is 6.04 Å². The van der Waals surface area contributed by atoms with Crippen LogP contribution in [0, 0.1) is 6.92 Å². The fourth-order valence-corrected chi connectivity index (χ4v) is 2.51. The standard InChI is InChI=1S/C15H22N4S/c1-11(2)17-8-13-5-6-16-15(7-13)19(4)9-14-10-20-12(3)18-14/h5-7,10-11,17H,8-9H2,1-4H3. The summed E-state index contributed by atoms with van der Waals surface area (Å²) in [5, 5.41) is 6.64. The van der Waals surface area contributed by atoms with E-state index in [0.717, 1.165) is 29.6 Å². The van der Waals surface area contributed by atoms with Crippen LogP contribution in [0.4, 0.5) is 5.82 Å². The average molecular weight is 290 g/mol. The van der Waals surface area contributed by atoms with Crippen LogP contribution in [0.3, 0.4) is 0 Å². The largest absolute Gasteiger partial charge is 0.354 e. The summed E-state index contributed by atoms with van der Waals surface area (Å²) in [6, 6.07) is 4.68. The lowest BCUT2D eigenvalue weighted by Crippen LogP contribution is -2.22. The highest BCUT2D eigenvalue weighted by Crippen LogP contribution is 2.16. The van der Waals surface area contributed by atoms with Gasteiger partial charge in [0.25, 0.3) is 0 Å². The third-order valence-corrected chi connectivity index (χ3v) is 3.80. The molecule has 20 heavy (non-hydrogen) atoms. The second kappa shape index (κ2) is 6.81. The molecule has 2 aromatic rings. The molecule has 0 fully saturated rings. The normalized spacial score (nSPS) is 11.1. The number of nitrogens with one attached hydrogen (secondary N) is 1. The van der Waals surface area contributed by atoms with Crippen LogP contribution in [-0.4, -0.2) is 23.1 Å². The van der Waals surface area contributed by atoms with Crippen LogP contribution < -0.4 is 10.2 Å². The first-order valence-electron chi connectivity index (χ1n) is 6.85. The molecule has 0 saturated carbocycles. The first kappa shape index (κ1) is 14.9. The molecule has 0 aliphatic heterocycles. The predicted octanol–water partition coefficient (Wildman–Crippen LogP) is 2.98. The summed E-state index contributed by atoms with van der Waals surface area (Å²) in [6.07, 6.45) is 1.87. The zero-order valence-electron chi connectivity index (χ0n) is 12.6. The van der Waals surface area contributed by atoms with E-state index in [2.05, 4.69) is 58.6 Å². The molecule has 2 heterocycles.